The molecule has 0 bridgehead atoms. The molecule has 0 aromatic carbocycles. The third-order valence-electron chi connectivity index (χ3n) is 0.845. The molecule has 0 aromatic rings. The first kappa shape index (κ1) is 7.53. The predicted molar refractivity (Wildman–Crippen MR) is 56.9 cm³/mol. The zero-order chi connectivity index (χ0) is 6.15. The van der Waals surface area contributed by atoms with Crippen molar-refractivity contribution in [1.29, 1.82) is 0 Å². The quantitative estimate of drug-likeness (QED) is 0.435. The van der Waals surface area contributed by atoms with Gasteiger partial charge in [0.2, 0.25) is 0 Å². The van der Waals surface area contributed by atoms with Crippen LogP contribution in [0.5, 0.6) is 0 Å². The number of hydrogen-bond acceptors (Lipinski definition) is 0. The third kappa shape index (κ3) is 1.70. The minimum Gasteiger partial charge on any atom is -0.0787 e. The molecule has 3 heteroatoms. The minimum atomic E-state index is 0.481. The smallest absolute Gasteiger partial charge is 0.0646 e. The number of rotatable bonds is 0. The van der Waals surface area contributed by atoms with Crippen molar-refractivity contribution in [3.63, 3.8) is 0 Å². The molecule has 0 heterocycles. The van der Waals surface area contributed by atoms with Crippen LogP contribution in [0, 0.1) is 0 Å². The topological polar surface area (TPSA) is 0 Å². The van der Waals surface area contributed by atoms with Crippen LogP contribution < -0.4 is 0 Å². The molecule has 1 aliphatic carbocycles. The van der Waals surface area contributed by atoms with E-state index in [0.717, 1.165) is 0 Å². The van der Waals surface area contributed by atoms with Crippen LogP contribution in [0.1, 0.15) is 0 Å². The van der Waals surface area contributed by atoms with Gasteiger partial charge in [0, 0.05) is 7.16 Å². The molecule has 0 N–H and O–H groups in total. The minimum absolute atomic E-state index is 0.481. The molecule has 0 aromatic heterocycles. The molecule has 0 amide bonds. The first-order valence-corrected chi connectivity index (χ1v) is 5.16. The van der Waals surface area contributed by atoms with Gasteiger partial charge in [-0.1, -0.05) is 22.0 Å². The van der Waals surface area contributed by atoms with E-state index in [4.69, 9.17) is 0 Å². The summed E-state index contributed by atoms with van der Waals surface area (Å²) in [5.41, 5.74) is 0. The lowest BCUT2D eigenvalue weighted by Gasteiger charge is -1.91. The van der Waals surface area contributed by atoms with Gasteiger partial charge in [0.1, 0.15) is 0 Å². The van der Waals surface area contributed by atoms with E-state index in [1.165, 1.54) is 7.16 Å². The van der Waals surface area contributed by atoms with Crippen molar-refractivity contribution in [2.75, 3.05) is 0 Å². The molecular formula is C5H3BrI2. The fourth-order valence-electron chi connectivity index (χ4n) is 0.479. The summed E-state index contributed by atoms with van der Waals surface area (Å²) in [7, 11) is 0. The number of halogens is 3. The summed E-state index contributed by atoms with van der Waals surface area (Å²) in [5.74, 6) is 0. The molecule has 1 rings (SSSR count). The molecule has 1 atom stereocenters. The van der Waals surface area contributed by atoms with Crippen LogP contribution in [0.25, 0.3) is 0 Å². The van der Waals surface area contributed by atoms with Gasteiger partial charge in [-0.3, -0.25) is 0 Å². The van der Waals surface area contributed by atoms with Gasteiger partial charge in [-0.25, -0.2) is 0 Å². The van der Waals surface area contributed by atoms with Crippen LogP contribution in [0.15, 0.2) is 19.3 Å². The van der Waals surface area contributed by atoms with Crippen LogP contribution in [0.3, 0.4) is 0 Å². The Morgan fingerprint density at radius 2 is 2.12 bits per heavy atom. The summed E-state index contributed by atoms with van der Waals surface area (Å²) in [6.45, 7) is 0. The second kappa shape index (κ2) is 3.01. The lowest BCUT2D eigenvalue weighted by atomic mass is 10.5. The van der Waals surface area contributed by atoms with Crippen molar-refractivity contribution in [1.82, 2.24) is 0 Å². The monoisotopic (exact) mass is 396 g/mol. The Morgan fingerprint density at radius 3 is 2.25 bits per heavy atom. The van der Waals surface area contributed by atoms with E-state index in [1.807, 2.05) is 0 Å². The average molecular weight is 397 g/mol. The number of alkyl halides is 1. The summed E-state index contributed by atoms with van der Waals surface area (Å²) in [6.07, 6.45) is 4.35. The third-order valence-corrected chi connectivity index (χ3v) is 4.11. The summed E-state index contributed by atoms with van der Waals surface area (Å²) in [6, 6.07) is 0. The Labute approximate surface area is 84.2 Å². The summed E-state index contributed by atoms with van der Waals surface area (Å²) in [4.78, 5) is 0.481. The SMILES string of the molecule is BrC1C=C(I)C=C1I. The molecule has 0 fully saturated rings. The molecule has 0 saturated heterocycles. The summed E-state index contributed by atoms with van der Waals surface area (Å²) >= 11 is 8.13. The molecule has 44 valence electrons. The van der Waals surface area contributed by atoms with Crippen molar-refractivity contribution in [3.05, 3.63) is 19.3 Å². The Balaban J connectivity index is 2.78. The van der Waals surface area contributed by atoms with E-state index in [0.29, 0.717) is 4.83 Å². The summed E-state index contributed by atoms with van der Waals surface area (Å²) in [5, 5.41) is 0. The van der Waals surface area contributed by atoms with Crippen LogP contribution in [-0.4, -0.2) is 4.83 Å². The van der Waals surface area contributed by atoms with Gasteiger partial charge in [0.15, 0.2) is 0 Å². The highest BCUT2D eigenvalue weighted by Gasteiger charge is 2.10. The highest BCUT2D eigenvalue weighted by molar-refractivity contribution is 14.1. The fourth-order valence-corrected chi connectivity index (χ4v) is 3.20. The van der Waals surface area contributed by atoms with E-state index in [2.05, 4.69) is 73.3 Å². The maximum absolute atomic E-state index is 3.49. The van der Waals surface area contributed by atoms with Gasteiger partial charge >= 0.3 is 0 Å². The van der Waals surface area contributed by atoms with E-state index < -0.39 is 0 Å². The van der Waals surface area contributed by atoms with Crippen LogP contribution in [-0.2, 0) is 0 Å². The average Bonchev–Trinajstić information content (AvgIpc) is 1.85. The molecule has 0 nitrogen and oxygen atoms in total. The lowest BCUT2D eigenvalue weighted by Crippen LogP contribution is -1.83. The van der Waals surface area contributed by atoms with Gasteiger partial charge in [-0.15, -0.1) is 0 Å². The second-order valence-electron chi connectivity index (χ2n) is 1.48. The van der Waals surface area contributed by atoms with Gasteiger partial charge in [-0.05, 0) is 51.3 Å². The molecule has 8 heavy (non-hydrogen) atoms. The van der Waals surface area contributed by atoms with E-state index >= 15 is 0 Å². The highest BCUT2D eigenvalue weighted by Crippen LogP contribution is 2.31. The molecule has 0 spiro atoms. The van der Waals surface area contributed by atoms with Crippen molar-refractivity contribution < 1.29 is 0 Å². The second-order valence-corrected chi connectivity index (χ2v) is 4.96. The van der Waals surface area contributed by atoms with Crippen LogP contribution in [0.4, 0.5) is 0 Å². The first-order valence-electron chi connectivity index (χ1n) is 2.08. The van der Waals surface area contributed by atoms with E-state index in [1.54, 1.807) is 0 Å². The van der Waals surface area contributed by atoms with Gasteiger partial charge < -0.3 is 0 Å². The van der Waals surface area contributed by atoms with Crippen molar-refractivity contribution in [2.24, 2.45) is 0 Å². The van der Waals surface area contributed by atoms with Crippen molar-refractivity contribution in [3.8, 4) is 0 Å². The molecule has 0 aliphatic heterocycles. The van der Waals surface area contributed by atoms with Crippen LogP contribution >= 0.6 is 61.1 Å². The Bertz CT molecular complexity index is 160. The maximum Gasteiger partial charge on any atom is 0.0646 e. The van der Waals surface area contributed by atoms with E-state index in [-0.39, 0.29) is 0 Å². The first-order chi connectivity index (χ1) is 3.70. The van der Waals surface area contributed by atoms with Crippen molar-refractivity contribution >= 4 is 61.1 Å². The number of hydrogen-bond donors (Lipinski definition) is 0. The predicted octanol–water partition coefficient (Wildman–Crippen LogP) is 3.40. The van der Waals surface area contributed by atoms with Crippen LogP contribution in [0.2, 0.25) is 0 Å². The molecule has 0 saturated carbocycles. The molecular weight excluding hydrogens is 394 g/mol. The lowest BCUT2D eigenvalue weighted by molar-refractivity contribution is 1.49. The van der Waals surface area contributed by atoms with Gasteiger partial charge in [0.25, 0.3) is 0 Å². The normalized spacial score (nSPS) is 27.6. The van der Waals surface area contributed by atoms with Gasteiger partial charge in [0.05, 0.1) is 4.83 Å². The maximum atomic E-state index is 3.49. The molecule has 0 radical (unpaired) electrons. The summed E-state index contributed by atoms with van der Waals surface area (Å²) < 4.78 is 2.70. The molecule has 1 aliphatic rings. The molecule has 1 unspecified atom stereocenters. The van der Waals surface area contributed by atoms with Crippen molar-refractivity contribution in [2.45, 2.75) is 4.83 Å². The zero-order valence-electron chi connectivity index (χ0n) is 3.87. The Morgan fingerprint density at radius 1 is 1.50 bits per heavy atom. The van der Waals surface area contributed by atoms with E-state index in [9.17, 15) is 0 Å². The Hall–Kier alpha value is 1.42. The fraction of sp³-hybridized carbons (Fsp3) is 0.200. The highest BCUT2D eigenvalue weighted by atomic mass is 127. The zero-order valence-corrected chi connectivity index (χ0v) is 9.77. The van der Waals surface area contributed by atoms with Gasteiger partial charge in [-0.2, -0.15) is 0 Å². The number of allylic oxidation sites excluding steroid dienone is 4. The Kier molecular flexibility index (Phi) is 2.83. The largest absolute Gasteiger partial charge is 0.0787 e. The standard InChI is InChI=1S/C5H3BrI2/c6-4-1-3(7)2-5(4)8/h1-2,4H.